The number of hydrogen-bond donors (Lipinski definition) is 1. The highest BCUT2D eigenvalue weighted by Gasteiger charge is 2.22. The Balaban J connectivity index is 2.07. The van der Waals surface area contributed by atoms with Crippen LogP contribution in [0.2, 0.25) is 0 Å². The van der Waals surface area contributed by atoms with E-state index in [1.54, 1.807) is 12.1 Å². The Morgan fingerprint density at radius 2 is 1.92 bits per heavy atom. The predicted molar refractivity (Wildman–Crippen MR) is 93.6 cm³/mol. The monoisotopic (exact) mass is 329 g/mol. The molecule has 24 heavy (non-hydrogen) atoms. The fraction of sp³-hybridized carbons (Fsp3) is 0.350. The van der Waals surface area contributed by atoms with Crippen LogP contribution in [0, 0.1) is 19.7 Å². The normalized spacial score (nSPS) is 13.2. The molecule has 2 rings (SSSR count). The van der Waals surface area contributed by atoms with Crippen molar-refractivity contribution in [2.45, 2.75) is 46.3 Å². The molecular weight excluding hydrogens is 305 g/mol. The summed E-state index contributed by atoms with van der Waals surface area (Å²) in [7, 11) is 0. The number of ether oxygens (including phenoxy) is 1. The maximum absolute atomic E-state index is 13.7. The first-order chi connectivity index (χ1) is 11.4. The molecule has 3 nitrogen and oxygen atoms in total. The van der Waals surface area contributed by atoms with E-state index >= 15 is 0 Å². The van der Waals surface area contributed by atoms with Crippen LogP contribution >= 0.6 is 0 Å². The van der Waals surface area contributed by atoms with Gasteiger partial charge in [0, 0.05) is 0 Å². The lowest BCUT2D eigenvalue weighted by molar-refractivity contribution is -0.128. The van der Waals surface area contributed by atoms with E-state index in [0.29, 0.717) is 6.42 Å². The Kier molecular flexibility index (Phi) is 5.96. The molecule has 1 N–H and O–H groups in total. The molecular formula is C20H24FNO2. The van der Waals surface area contributed by atoms with Gasteiger partial charge in [0.05, 0.1) is 6.04 Å². The average Bonchev–Trinajstić information content (AvgIpc) is 2.53. The van der Waals surface area contributed by atoms with E-state index in [2.05, 4.69) is 11.4 Å². The summed E-state index contributed by atoms with van der Waals surface area (Å²) in [5, 5.41) is 2.96. The summed E-state index contributed by atoms with van der Waals surface area (Å²) in [5.74, 6) is -0.613. The van der Waals surface area contributed by atoms with Gasteiger partial charge < -0.3 is 10.1 Å². The maximum Gasteiger partial charge on any atom is 0.261 e. The zero-order valence-corrected chi connectivity index (χ0v) is 14.6. The Morgan fingerprint density at radius 3 is 2.54 bits per heavy atom. The molecule has 0 heterocycles. The standard InChI is InChI=1S/C20H24FNO2/c1-5-18(24-19-9-7-6-8-17(19)21)20(23)22-15(4)16-11-10-13(2)12-14(16)3/h6-12,15,18H,5H2,1-4H3,(H,22,23)/t15-,18+/m0/s1. The van der Waals surface area contributed by atoms with Gasteiger partial charge in [0.1, 0.15) is 0 Å². The number of hydrogen-bond acceptors (Lipinski definition) is 2. The molecule has 2 atom stereocenters. The number of rotatable bonds is 6. The number of para-hydroxylation sites is 1. The van der Waals surface area contributed by atoms with Gasteiger partial charge in [0.15, 0.2) is 17.7 Å². The van der Waals surface area contributed by atoms with E-state index in [9.17, 15) is 9.18 Å². The highest BCUT2D eigenvalue weighted by Crippen LogP contribution is 2.21. The molecule has 1 amide bonds. The van der Waals surface area contributed by atoms with Crippen molar-refractivity contribution in [3.05, 3.63) is 65.0 Å². The van der Waals surface area contributed by atoms with Gasteiger partial charge in [-0.25, -0.2) is 4.39 Å². The zero-order chi connectivity index (χ0) is 17.7. The molecule has 0 saturated heterocycles. The minimum atomic E-state index is -0.727. The van der Waals surface area contributed by atoms with Crippen molar-refractivity contribution in [3.8, 4) is 5.75 Å². The first kappa shape index (κ1) is 18.0. The van der Waals surface area contributed by atoms with Crippen LogP contribution in [-0.4, -0.2) is 12.0 Å². The van der Waals surface area contributed by atoms with Crippen LogP contribution in [0.25, 0.3) is 0 Å². The second kappa shape index (κ2) is 7.95. The van der Waals surface area contributed by atoms with E-state index in [0.717, 1.165) is 11.1 Å². The number of nitrogens with one attached hydrogen (secondary N) is 1. The molecule has 2 aromatic carbocycles. The summed E-state index contributed by atoms with van der Waals surface area (Å²) in [6.07, 6.45) is -0.269. The van der Waals surface area contributed by atoms with Crippen molar-refractivity contribution in [1.82, 2.24) is 5.32 Å². The summed E-state index contributed by atoms with van der Waals surface area (Å²) in [4.78, 5) is 12.5. The lowest BCUT2D eigenvalue weighted by Gasteiger charge is -2.22. The number of benzene rings is 2. The van der Waals surface area contributed by atoms with Gasteiger partial charge in [-0.05, 0) is 50.5 Å². The lowest BCUT2D eigenvalue weighted by atomic mass is 10.00. The van der Waals surface area contributed by atoms with Crippen LogP contribution in [0.5, 0.6) is 5.75 Å². The molecule has 0 radical (unpaired) electrons. The average molecular weight is 329 g/mol. The molecule has 0 aliphatic rings. The Morgan fingerprint density at radius 1 is 1.21 bits per heavy atom. The van der Waals surface area contributed by atoms with Gasteiger partial charge in [-0.15, -0.1) is 0 Å². The molecule has 0 spiro atoms. The Labute approximate surface area is 142 Å². The van der Waals surface area contributed by atoms with Gasteiger partial charge in [0.2, 0.25) is 0 Å². The zero-order valence-electron chi connectivity index (χ0n) is 14.6. The van der Waals surface area contributed by atoms with Gasteiger partial charge in [-0.2, -0.15) is 0 Å². The van der Waals surface area contributed by atoms with Crippen molar-refractivity contribution < 1.29 is 13.9 Å². The minimum absolute atomic E-state index is 0.0960. The largest absolute Gasteiger partial charge is 0.478 e. The van der Waals surface area contributed by atoms with Crippen LogP contribution in [0.3, 0.4) is 0 Å². The Bertz CT molecular complexity index is 715. The first-order valence-corrected chi connectivity index (χ1v) is 8.21. The van der Waals surface area contributed by atoms with Gasteiger partial charge in [0.25, 0.3) is 5.91 Å². The van der Waals surface area contributed by atoms with Crippen LogP contribution < -0.4 is 10.1 Å². The minimum Gasteiger partial charge on any atom is -0.478 e. The van der Waals surface area contributed by atoms with E-state index in [1.807, 2.05) is 39.8 Å². The van der Waals surface area contributed by atoms with Crippen molar-refractivity contribution in [1.29, 1.82) is 0 Å². The topological polar surface area (TPSA) is 38.3 Å². The third kappa shape index (κ3) is 4.34. The van der Waals surface area contributed by atoms with Crippen molar-refractivity contribution in [3.63, 3.8) is 0 Å². The van der Waals surface area contributed by atoms with E-state index in [-0.39, 0.29) is 17.7 Å². The number of halogens is 1. The number of amides is 1. The van der Waals surface area contributed by atoms with E-state index in [4.69, 9.17) is 4.74 Å². The van der Waals surface area contributed by atoms with Crippen LogP contribution in [-0.2, 0) is 4.79 Å². The van der Waals surface area contributed by atoms with Crippen molar-refractivity contribution in [2.24, 2.45) is 0 Å². The first-order valence-electron chi connectivity index (χ1n) is 8.21. The second-order valence-corrected chi connectivity index (χ2v) is 6.04. The van der Waals surface area contributed by atoms with Crippen molar-refractivity contribution >= 4 is 5.91 Å². The quantitative estimate of drug-likeness (QED) is 0.849. The molecule has 0 unspecified atom stereocenters. The molecule has 0 aliphatic carbocycles. The Hall–Kier alpha value is -2.36. The molecule has 0 aromatic heterocycles. The number of carbonyl (C=O) groups excluding carboxylic acids is 1. The summed E-state index contributed by atoms with van der Waals surface area (Å²) in [5.41, 5.74) is 3.38. The van der Waals surface area contributed by atoms with Crippen LogP contribution in [0.15, 0.2) is 42.5 Å². The highest BCUT2D eigenvalue weighted by molar-refractivity contribution is 5.81. The third-order valence-electron chi connectivity index (χ3n) is 4.02. The fourth-order valence-electron chi connectivity index (χ4n) is 2.71. The predicted octanol–water partition coefficient (Wildman–Crippen LogP) is 4.48. The SMILES string of the molecule is CC[C@@H](Oc1ccccc1F)C(=O)N[C@@H](C)c1ccc(C)cc1C. The summed E-state index contributed by atoms with van der Waals surface area (Å²) in [6.45, 7) is 7.84. The second-order valence-electron chi connectivity index (χ2n) is 6.04. The maximum atomic E-state index is 13.7. The summed E-state index contributed by atoms with van der Waals surface area (Å²) >= 11 is 0. The molecule has 0 fully saturated rings. The fourth-order valence-corrected chi connectivity index (χ4v) is 2.71. The molecule has 128 valence electrons. The smallest absolute Gasteiger partial charge is 0.261 e. The number of aryl methyl sites for hydroxylation is 2. The summed E-state index contributed by atoms with van der Waals surface area (Å²) < 4.78 is 19.3. The molecule has 4 heteroatoms. The van der Waals surface area contributed by atoms with E-state index in [1.165, 1.54) is 17.7 Å². The third-order valence-corrected chi connectivity index (χ3v) is 4.02. The molecule has 0 saturated carbocycles. The van der Waals surface area contributed by atoms with Crippen LogP contribution in [0.1, 0.15) is 43.0 Å². The van der Waals surface area contributed by atoms with Crippen molar-refractivity contribution in [2.75, 3.05) is 0 Å². The van der Waals surface area contributed by atoms with Gasteiger partial charge in [-0.1, -0.05) is 42.8 Å². The molecule has 0 bridgehead atoms. The molecule has 0 aliphatic heterocycles. The van der Waals surface area contributed by atoms with Crippen LogP contribution in [0.4, 0.5) is 4.39 Å². The summed E-state index contributed by atoms with van der Waals surface area (Å²) in [6, 6.07) is 12.1. The number of carbonyl (C=O) groups is 1. The van der Waals surface area contributed by atoms with Gasteiger partial charge in [-0.3, -0.25) is 4.79 Å². The molecule has 2 aromatic rings. The van der Waals surface area contributed by atoms with E-state index < -0.39 is 11.9 Å². The lowest BCUT2D eigenvalue weighted by Crippen LogP contribution is -2.39. The highest BCUT2D eigenvalue weighted by atomic mass is 19.1. The van der Waals surface area contributed by atoms with Gasteiger partial charge >= 0.3 is 0 Å².